The molecule has 4 rings (SSSR count). The molecule has 144 valence electrons. The number of benzene rings is 1. The Morgan fingerprint density at radius 2 is 1.56 bits per heavy atom. The summed E-state index contributed by atoms with van der Waals surface area (Å²) in [7, 11) is 0. The largest absolute Gasteiger partial charge is 0.550 e. The highest BCUT2D eigenvalue weighted by Gasteiger charge is 2.51. The Kier molecular flexibility index (Phi) is 4.89. The fourth-order valence-electron chi connectivity index (χ4n) is 5.21. The maximum absolute atomic E-state index is 12.7. The Balaban J connectivity index is 1.41. The maximum atomic E-state index is 12.7. The van der Waals surface area contributed by atoms with Gasteiger partial charge in [0, 0.05) is 42.1 Å². The van der Waals surface area contributed by atoms with Gasteiger partial charge < -0.3 is 20.1 Å². The molecule has 0 radical (unpaired) electrons. The number of nitrogens with one attached hydrogen (secondary N) is 1. The SMILES string of the molecule is O=C(Nc1ccc(C(=O)N2CCCCC2)cc1)[C@@H]1[C@@H]2CC[C@@H](C2)[C@@H]1C(=O)[O-]. The molecular formula is C21H25N2O4-. The lowest BCUT2D eigenvalue weighted by atomic mass is 9.78. The molecule has 0 unspecified atom stereocenters. The summed E-state index contributed by atoms with van der Waals surface area (Å²) in [5.74, 6) is -2.31. The zero-order chi connectivity index (χ0) is 19.0. The van der Waals surface area contributed by atoms with Crippen LogP contribution in [0.5, 0.6) is 0 Å². The van der Waals surface area contributed by atoms with Crippen LogP contribution in [0.25, 0.3) is 0 Å². The van der Waals surface area contributed by atoms with Gasteiger partial charge in [0.05, 0.1) is 0 Å². The van der Waals surface area contributed by atoms with Crippen molar-refractivity contribution in [3.8, 4) is 0 Å². The molecule has 1 aliphatic heterocycles. The fourth-order valence-corrected chi connectivity index (χ4v) is 5.21. The Bertz CT molecular complexity index is 739. The second-order valence-corrected chi connectivity index (χ2v) is 8.12. The van der Waals surface area contributed by atoms with Crippen LogP contribution in [0.15, 0.2) is 24.3 Å². The average Bonchev–Trinajstić information content (AvgIpc) is 3.30. The Labute approximate surface area is 158 Å². The van der Waals surface area contributed by atoms with E-state index < -0.39 is 17.8 Å². The van der Waals surface area contributed by atoms with E-state index in [1.165, 1.54) is 6.42 Å². The molecule has 4 atom stereocenters. The number of carbonyl (C=O) groups is 3. The monoisotopic (exact) mass is 369 g/mol. The van der Waals surface area contributed by atoms with E-state index in [1.807, 2.05) is 4.90 Å². The van der Waals surface area contributed by atoms with Crippen molar-refractivity contribution in [1.29, 1.82) is 0 Å². The molecule has 6 nitrogen and oxygen atoms in total. The molecule has 1 aromatic carbocycles. The molecule has 1 N–H and O–H groups in total. The highest BCUT2D eigenvalue weighted by molar-refractivity contribution is 5.97. The van der Waals surface area contributed by atoms with Gasteiger partial charge in [0.2, 0.25) is 5.91 Å². The molecule has 1 aromatic rings. The third-order valence-electron chi connectivity index (χ3n) is 6.53. The van der Waals surface area contributed by atoms with Crippen molar-refractivity contribution < 1.29 is 19.5 Å². The van der Waals surface area contributed by atoms with Crippen LogP contribution in [0.4, 0.5) is 5.69 Å². The number of anilines is 1. The summed E-state index contributed by atoms with van der Waals surface area (Å²) >= 11 is 0. The molecular weight excluding hydrogens is 344 g/mol. The van der Waals surface area contributed by atoms with E-state index in [-0.39, 0.29) is 23.7 Å². The predicted molar refractivity (Wildman–Crippen MR) is 97.6 cm³/mol. The summed E-state index contributed by atoms with van der Waals surface area (Å²) < 4.78 is 0. The maximum Gasteiger partial charge on any atom is 0.253 e. The number of amides is 2. The van der Waals surface area contributed by atoms with Gasteiger partial charge in [-0.2, -0.15) is 0 Å². The van der Waals surface area contributed by atoms with E-state index >= 15 is 0 Å². The second-order valence-electron chi connectivity index (χ2n) is 8.12. The zero-order valence-corrected chi connectivity index (χ0v) is 15.4. The first kappa shape index (κ1) is 18.0. The third kappa shape index (κ3) is 3.45. The minimum atomic E-state index is -1.11. The van der Waals surface area contributed by atoms with Crippen LogP contribution in [0.2, 0.25) is 0 Å². The van der Waals surface area contributed by atoms with Gasteiger partial charge in [-0.25, -0.2) is 0 Å². The number of rotatable bonds is 4. The highest BCUT2D eigenvalue weighted by atomic mass is 16.4. The van der Waals surface area contributed by atoms with Gasteiger partial charge in [-0.15, -0.1) is 0 Å². The number of piperidine rings is 1. The van der Waals surface area contributed by atoms with E-state index in [9.17, 15) is 19.5 Å². The van der Waals surface area contributed by atoms with Crippen LogP contribution in [0.1, 0.15) is 48.9 Å². The van der Waals surface area contributed by atoms with Crippen molar-refractivity contribution >= 4 is 23.5 Å². The van der Waals surface area contributed by atoms with Gasteiger partial charge in [0.15, 0.2) is 0 Å². The minimum absolute atomic E-state index is 0.0256. The lowest BCUT2D eigenvalue weighted by molar-refractivity contribution is -0.314. The zero-order valence-electron chi connectivity index (χ0n) is 15.4. The molecule has 2 aliphatic carbocycles. The summed E-state index contributed by atoms with van der Waals surface area (Å²) in [6.45, 7) is 1.60. The lowest BCUT2D eigenvalue weighted by Gasteiger charge is -2.30. The molecule has 2 saturated carbocycles. The van der Waals surface area contributed by atoms with Crippen LogP contribution in [-0.4, -0.2) is 35.8 Å². The number of hydrogen-bond acceptors (Lipinski definition) is 4. The van der Waals surface area contributed by atoms with Crippen molar-refractivity contribution in [3.63, 3.8) is 0 Å². The van der Waals surface area contributed by atoms with Gasteiger partial charge in [-0.3, -0.25) is 9.59 Å². The summed E-state index contributed by atoms with van der Waals surface area (Å²) in [4.78, 5) is 38.6. The van der Waals surface area contributed by atoms with E-state index in [4.69, 9.17) is 0 Å². The number of nitrogens with zero attached hydrogens (tertiary/aromatic N) is 1. The number of hydrogen-bond donors (Lipinski definition) is 1. The Morgan fingerprint density at radius 1 is 0.926 bits per heavy atom. The van der Waals surface area contributed by atoms with Crippen molar-refractivity contribution in [2.24, 2.45) is 23.7 Å². The van der Waals surface area contributed by atoms with Crippen LogP contribution in [0.3, 0.4) is 0 Å². The average molecular weight is 369 g/mol. The molecule has 1 heterocycles. The molecule has 0 spiro atoms. The topological polar surface area (TPSA) is 89.5 Å². The van der Waals surface area contributed by atoms with Gasteiger partial charge in [0.1, 0.15) is 0 Å². The molecule has 1 saturated heterocycles. The number of carboxylic acids is 1. The Hall–Kier alpha value is -2.37. The number of carboxylic acid groups (broad SMARTS) is 1. The Morgan fingerprint density at radius 3 is 2.19 bits per heavy atom. The first-order valence-electron chi connectivity index (χ1n) is 9.95. The normalized spacial score (nSPS) is 29.6. The van der Waals surface area contributed by atoms with Crippen molar-refractivity contribution in [2.75, 3.05) is 18.4 Å². The highest BCUT2D eigenvalue weighted by Crippen LogP contribution is 2.52. The predicted octanol–water partition coefficient (Wildman–Crippen LogP) is 1.66. The summed E-state index contributed by atoms with van der Waals surface area (Å²) in [6.07, 6.45) is 5.85. The molecule has 0 aromatic heterocycles. The smallest absolute Gasteiger partial charge is 0.253 e. The number of fused-ring (bicyclic) bond motifs is 2. The van der Waals surface area contributed by atoms with Gasteiger partial charge in [0.25, 0.3) is 5.91 Å². The van der Waals surface area contributed by atoms with Crippen LogP contribution in [-0.2, 0) is 9.59 Å². The van der Waals surface area contributed by atoms with E-state index in [2.05, 4.69) is 5.32 Å². The fraction of sp³-hybridized carbons (Fsp3) is 0.571. The molecule has 2 amide bonds. The molecule has 2 bridgehead atoms. The standard InChI is InChI=1S/C21H26N2O4/c24-19(17-14-4-5-15(12-14)18(17)21(26)27)22-16-8-6-13(7-9-16)20(25)23-10-2-1-3-11-23/h6-9,14-15,17-18H,1-5,10-12H2,(H,22,24)(H,26,27)/p-1/t14-,15+,17-,18+/m1/s1. The molecule has 6 heteroatoms. The minimum Gasteiger partial charge on any atom is -0.550 e. The van der Waals surface area contributed by atoms with Gasteiger partial charge in [-0.1, -0.05) is 0 Å². The lowest BCUT2D eigenvalue weighted by Crippen LogP contribution is -2.43. The summed E-state index contributed by atoms with van der Waals surface area (Å²) in [5, 5.41) is 14.3. The van der Waals surface area contributed by atoms with Crippen molar-refractivity contribution in [3.05, 3.63) is 29.8 Å². The van der Waals surface area contributed by atoms with Gasteiger partial charge in [-0.05, 0) is 74.6 Å². The number of aliphatic carboxylic acids is 1. The molecule has 3 fully saturated rings. The summed E-state index contributed by atoms with van der Waals surface area (Å²) in [6, 6.07) is 6.89. The van der Waals surface area contributed by atoms with Crippen molar-refractivity contribution in [1.82, 2.24) is 4.90 Å². The third-order valence-corrected chi connectivity index (χ3v) is 6.53. The quantitative estimate of drug-likeness (QED) is 0.874. The van der Waals surface area contributed by atoms with E-state index in [1.54, 1.807) is 24.3 Å². The van der Waals surface area contributed by atoms with E-state index in [0.29, 0.717) is 11.3 Å². The van der Waals surface area contributed by atoms with Crippen LogP contribution in [0, 0.1) is 23.7 Å². The first-order chi connectivity index (χ1) is 13.0. The first-order valence-corrected chi connectivity index (χ1v) is 9.95. The van der Waals surface area contributed by atoms with E-state index in [0.717, 1.165) is 45.2 Å². The molecule has 3 aliphatic rings. The van der Waals surface area contributed by atoms with Crippen LogP contribution >= 0.6 is 0 Å². The van der Waals surface area contributed by atoms with Gasteiger partial charge >= 0.3 is 0 Å². The van der Waals surface area contributed by atoms with Crippen molar-refractivity contribution in [2.45, 2.75) is 38.5 Å². The molecule has 27 heavy (non-hydrogen) atoms. The van der Waals surface area contributed by atoms with Crippen LogP contribution < -0.4 is 10.4 Å². The second kappa shape index (κ2) is 7.33. The number of carbonyl (C=O) groups excluding carboxylic acids is 3. The number of likely N-dealkylation sites (tertiary alicyclic amines) is 1. The summed E-state index contributed by atoms with van der Waals surface area (Å²) in [5.41, 5.74) is 1.21.